The molecule has 9 nitrogen and oxygen atoms in total. The summed E-state index contributed by atoms with van der Waals surface area (Å²) in [5, 5.41) is 40.5. The van der Waals surface area contributed by atoms with Crippen molar-refractivity contribution in [2.45, 2.75) is 30.7 Å². The number of hydrogen-bond acceptors (Lipinski definition) is 7. The van der Waals surface area contributed by atoms with Crippen molar-refractivity contribution < 1.29 is 29.9 Å². The summed E-state index contributed by atoms with van der Waals surface area (Å²) < 4.78 is 10.1. The molecule has 0 aromatic rings. The lowest BCUT2D eigenvalue weighted by Crippen LogP contribution is -2.59. The maximum absolute atomic E-state index is 9.53. The van der Waals surface area contributed by atoms with Gasteiger partial charge in [-0.3, -0.25) is 0 Å². The highest BCUT2D eigenvalue weighted by Crippen LogP contribution is 2.21. The zero-order chi connectivity index (χ0) is 12.8. The monoisotopic (exact) mass is 249 g/mol. The molecule has 0 spiro atoms. The van der Waals surface area contributed by atoms with Gasteiger partial charge in [-0.2, -0.15) is 0 Å². The average molecular weight is 249 g/mol. The van der Waals surface area contributed by atoms with Gasteiger partial charge >= 0.3 is 0 Å². The molecular formula is C8H15N3O6. The highest BCUT2D eigenvalue weighted by molar-refractivity contribution is 4.88. The Morgan fingerprint density at radius 3 is 2.53 bits per heavy atom. The summed E-state index contributed by atoms with van der Waals surface area (Å²) in [5.41, 5.74) is 8.03. The minimum Gasteiger partial charge on any atom is -0.394 e. The van der Waals surface area contributed by atoms with Gasteiger partial charge < -0.3 is 29.9 Å². The number of nitrogens with zero attached hydrogens (tertiary/aromatic N) is 3. The van der Waals surface area contributed by atoms with Gasteiger partial charge in [0.05, 0.1) is 13.2 Å². The highest BCUT2D eigenvalue weighted by Gasteiger charge is 2.43. The summed E-state index contributed by atoms with van der Waals surface area (Å²) in [6.45, 7) is -0.473. The van der Waals surface area contributed by atoms with Crippen molar-refractivity contribution in [2.24, 2.45) is 5.11 Å². The first-order valence-corrected chi connectivity index (χ1v) is 5.04. The number of ether oxygens (including phenoxy) is 2. The van der Waals surface area contributed by atoms with E-state index in [1.807, 2.05) is 0 Å². The minimum absolute atomic E-state index is 0.00719. The van der Waals surface area contributed by atoms with E-state index in [9.17, 15) is 15.3 Å². The summed E-state index contributed by atoms with van der Waals surface area (Å²) in [6, 6.07) is 0. The Morgan fingerprint density at radius 1 is 1.24 bits per heavy atom. The quantitative estimate of drug-likeness (QED) is 0.194. The van der Waals surface area contributed by atoms with Gasteiger partial charge in [0, 0.05) is 11.5 Å². The molecule has 0 amide bonds. The van der Waals surface area contributed by atoms with Gasteiger partial charge in [-0.25, -0.2) is 0 Å². The van der Waals surface area contributed by atoms with Gasteiger partial charge in [-0.05, 0) is 5.53 Å². The molecule has 1 saturated heterocycles. The van der Waals surface area contributed by atoms with E-state index in [0.29, 0.717) is 0 Å². The van der Waals surface area contributed by atoms with Crippen LogP contribution in [0.4, 0.5) is 0 Å². The van der Waals surface area contributed by atoms with Crippen LogP contribution in [0.3, 0.4) is 0 Å². The SMILES string of the molecule is [N-]=[N+]=NCCO[C@H]1O[C@H](CO)[C@@H](O)[C@H](O)[C@H]1O. The van der Waals surface area contributed by atoms with Crippen molar-refractivity contribution >= 4 is 0 Å². The third kappa shape index (κ3) is 3.51. The van der Waals surface area contributed by atoms with Crippen LogP contribution in [0.5, 0.6) is 0 Å². The fourth-order valence-corrected chi connectivity index (χ4v) is 1.46. The van der Waals surface area contributed by atoms with Crippen molar-refractivity contribution in [1.29, 1.82) is 0 Å². The molecule has 0 saturated carbocycles. The predicted octanol–water partition coefficient (Wildman–Crippen LogP) is -1.89. The Bertz CT molecular complexity index is 282. The van der Waals surface area contributed by atoms with Crippen LogP contribution in [0.1, 0.15) is 0 Å². The van der Waals surface area contributed by atoms with Crippen LogP contribution >= 0.6 is 0 Å². The molecule has 1 aliphatic heterocycles. The molecule has 1 aliphatic rings. The number of hydrogen-bond donors (Lipinski definition) is 4. The van der Waals surface area contributed by atoms with Crippen LogP contribution < -0.4 is 0 Å². The second kappa shape index (κ2) is 6.72. The van der Waals surface area contributed by atoms with E-state index in [1.54, 1.807) is 0 Å². The normalized spacial score (nSPS) is 37.5. The average Bonchev–Trinajstić information content (AvgIpc) is 2.34. The Labute approximate surface area is 96.8 Å². The molecule has 0 aliphatic carbocycles. The zero-order valence-electron chi connectivity index (χ0n) is 8.96. The van der Waals surface area contributed by atoms with E-state index >= 15 is 0 Å². The second-order valence-corrected chi connectivity index (χ2v) is 3.52. The fourth-order valence-electron chi connectivity index (χ4n) is 1.46. The number of aliphatic hydroxyl groups excluding tert-OH is 4. The van der Waals surface area contributed by atoms with Crippen LogP contribution in [0, 0.1) is 0 Å². The molecular weight excluding hydrogens is 234 g/mol. The maximum Gasteiger partial charge on any atom is 0.186 e. The molecule has 5 atom stereocenters. The molecule has 1 fully saturated rings. The van der Waals surface area contributed by atoms with Crippen LogP contribution in [-0.2, 0) is 9.47 Å². The van der Waals surface area contributed by atoms with Gasteiger partial charge in [0.25, 0.3) is 0 Å². The van der Waals surface area contributed by atoms with Crippen LogP contribution in [-0.4, -0.2) is 70.9 Å². The van der Waals surface area contributed by atoms with Crippen molar-refractivity contribution in [2.75, 3.05) is 19.8 Å². The Hall–Kier alpha value is -0.930. The van der Waals surface area contributed by atoms with Crippen LogP contribution in [0.15, 0.2) is 5.11 Å². The molecule has 0 aromatic heterocycles. The van der Waals surface area contributed by atoms with E-state index < -0.39 is 37.3 Å². The highest BCUT2D eigenvalue weighted by atomic mass is 16.7. The van der Waals surface area contributed by atoms with E-state index in [0.717, 1.165) is 0 Å². The Balaban J connectivity index is 2.50. The van der Waals surface area contributed by atoms with Gasteiger partial charge in [0.2, 0.25) is 0 Å². The van der Waals surface area contributed by atoms with Gasteiger partial charge in [-0.1, -0.05) is 5.11 Å². The molecule has 98 valence electrons. The lowest BCUT2D eigenvalue weighted by Gasteiger charge is -2.39. The summed E-state index contributed by atoms with van der Waals surface area (Å²) >= 11 is 0. The minimum atomic E-state index is -1.47. The Morgan fingerprint density at radius 2 is 1.94 bits per heavy atom. The lowest BCUT2D eigenvalue weighted by molar-refractivity contribution is -0.300. The number of azide groups is 1. The van der Waals surface area contributed by atoms with Crippen molar-refractivity contribution in [3.63, 3.8) is 0 Å². The van der Waals surface area contributed by atoms with Crippen molar-refractivity contribution in [3.05, 3.63) is 10.4 Å². The molecule has 0 aromatic carbocycles. The zero-order valence-corrected chi connectivity index (χ0v) is 8.96. The summed E-state index contributed by atoms with van der Waals surface area (Å²) in [4.78, 5) is 2.51. The predicted molar refractivity (Wildman–Crippen MR) is 53.7 cm³/mol. The van der Waals surface area contributed by atoms with Gasteiger partial charge in [0.15, 0.2) is 6.29 Å². The molecule has 1 heterocycles. The third-order valence-electron chi connectivity index (χ3n) is 2.39. The molecule has 17 heavy (non-hydrogen) atoms. The molecule has 0 radical (unpaired) electrons. The third-order valence-corrected chi connectivity index (χ3v) is 2.39. The first-order chi connectivity index (χ1) is 8.11. The standard InChI is InChI=1S/C8H15N3O6/c9-11-10-1-2-16-8-7(15)6(14)5(13)4(3-12)17-8/h4-8,12-15H,1-3H2/t4-,5-,6+,7-,8+/m1/s1. The van der Waals surface area contributed by atoms with E-state index in [-0.39, 0.29) is 13.2 Å². The number of aliphatic hydroxyl groups is 4. The second-order valence-electron chi connectivity index (χ2n) is 3.52. The molecule has 0 unspecified atom stereocenters. The topological polar surface area (TPSA) is 148 Å². The first kappa shape index (κ1) is 14.1. The molecule has 1 rings (SSSR count). The van der Waals surface area contributed by atoms with Crippen LogP contribution in [0.2, 0.25) is 0 Å². The first-order valence-electron chi connectivity index (χ1n) is 5.04. The summed E-state index contributed by atoms with van der Waals surface area (Å²) in [5.74, 6) is 0. The van der Waals surface area contributed by atoms with Crippen LogP contribution in [0.25, 0.3) is 10.4 Å². The van der Waals surface area contributed by atoms with Crippen molar-refractivity contribution in [3.8, 4) is 0 Å². The molecule has 0 bridgehead atoms. The van der Waals surface area contributed by atoms with E-state index in [4.69, 9.17) is 20.1 Å². The molecule has 9 heteroatoms. The molecule has 4 N–H and O–H groups in total. The largest absolute Gasteiger partial charge is 0.394 e. The smallest absolute Gasteiger partial charge is 0.186 e. The Kier molecular flexibility index (Phi) is 5.59. The fraction of sp³-hybridized carbons (Fsp3) is 1.00. The lowest BCUT2D eigenvalue weighted by atomic mass is 9.99. The maximum atomic E-state index is 9.53. The van der Waals surface area contributed by atoms with E-state index in [2.05, 4.69) is 10.0 Å². The van der Waals surface area contributed by atoms with Gasteiger partial charge in [0.1, 0.15) is 24.4 Å². The van der Waals surface area contributed by atoms with E-state index in [1.165, 1.54) is 0 Å². The summed E-state index contributed by atoms with van der Waals surface area (Å²) in [6.07, 6.45) is -6.49. The van der Waals surface area contributed by atoms with Crippen molar-refractivity contribution in [1.82, 2.24) is 0 Å². The van der Waals surface area contributed by atoms with Gasteiger partial charge in [-0.15, -0.1) is 0 Å². The number of rotatable bonds is 5. The summed E-state index contributed by atoms with van der Waals surface area (Å²) in [7, 11) is 0.